The van der Waals surface area contributed by atoms with Gasteiger partial charge in [0.1, 0.15) is 0 Å². The summed E-state index contributed by atoms with van der Waals surface area (Å²) in [5.74, 6) is 0.287. The first kappa shape index (κ1) is 13.4. The van der Waals surface area contributed by atoms with Crippen LogP contribution in [-0.4, -0.2) is 18.0 Å². The molecule has 0 saturated carbocycles. The predicted molar refractivity (Wildman–Crippen MR) is 60.0 cm³/mol. The van der Waals surface area contributed by atoms with Gasteiger partial charge >= 0.3 is 0 Å². The van der Waals surface area contributed by atoms with Crippen LogP contribution in [0, 0.1) is 5.92 Å². The maximum absolute atomic E-state index is 9.61. The standard InChI is InChI=1S/C12H22O2/c1-8(2)10(5)7-14-12(13)11(6)9(3)4/h10,12-13H,1,7H2,2-6H3. The Hall–Kier alpha value is -0.600. The molecule has 0 aromatic rings. The average molecular weight is 198 g/mol. The summed E-state index contributed by atoms with van der Waals surface area (Å²) in [4.78, 5) is 0. The fraction of sp³-hybridized carbons (Fsp3) is 0.667. The van der Waals surface area contributed by atoms with Crippen LogP contribution in [0.25, 0.3) is 0 Å². The van der Waals surface area contributed by atoms with Gasteiger partial charge in [0, 0.05) is 0 Å². The Morgan fingerprint density at radius 3 is 2.14 bits per heavy atom. The van der Waals surface area contributed by atoms with Gasteiger partial charge in [-0.25, -0.2) is 0 Å². The lowest BCUT2D eigenvalue weighted by Crippen LogP contribution is -2.18. The van der Waals surface area contributed by atoms with Gasteiger partial charge in [-0.1, -0.05) is 24.6 Å². The molecule has 0 aliphatic carbocycles. The Kier molecular flexibility index (Phi) is 5.73. The van der Waals surface area contributed by atoms with Crippen molar-refractivity contribution in [1.29, 1.82) is 0 Å². The van der Waals surface area contributed by atoms with Crippen LogP contribution in [0.3, 0.4) is 0 Å². The second-order valence-electron chi connectivity index (χ2n) is 4.12. The van der Waals surface area contributed by atoms with Crippen molar-refractivity contribution in [2.45, 2.75) is 40.9 Å². The molecule has 2 heteroatoms. The zero-order valence-electron chi connectivity index (χ0n) is 9.92. The Labute approximate surface area is 87.3 Å². The highest BCUT2D eigenvalue weighted by molar-refractivity contribution is 5.09. The average Bonchev–Trinajstić information content (AvgIpc) is 2.11. The van der Waals surface area contributed by atoms with Crippen molar-refractivity contribution in [2.75, 3.05) is 6.61 Å². The van der Waals surface area contributed by atoms with E-state index in [1.54, 1.807) is 0 Å². The number of aliphatic hydroxyl groups is 1. The first-order valence-electron chi connectivity index (χ1n) is 4.95. The first-order chi connectivity index (χ1) is 6.36. The van der Waals surface area contributed by atoms with E-state index >= 15 is 0 Å². The van der Waals surface area contributed by atoms with Crippen LogP contribution in [-0.2, 0) is 4.74 Å². The monoisotopic (exact) mass is 198 g/mol. The largest absolute Gasteiger partial charge is 0.364 e. The molecule has 2 nitrogen and oxygen atoms in total. The highest BCUT2D eigenvalue weighted by Crippen LogP contribution is 2.13. The van der Waals surface area contributed by atoms with Gasteiger partial charge in [0.25, 0.3) is 0 Å². The summed E-state index contributed by atoms with van der Waals surface area (Å²) >= 11 is 0. The lowest BCUT2D eigenvalue weighted by molar-refractivity contribution is -0.0797. The van der Waals surface area contributed by atoms with Crippen molar-refractivity contribution in [1.82, 2.24) is 0 Å². The van der Waals surface area contributed by atoms with Crippen LogP contribution >= 0.6 is 0 Å². The van der Waals surface area contributed by atoms with Gasteiger partial charge in [-0.2, -0.15) is 0 Å². The maximum atomic E-state index is 9.61. The molecular weight excluding hydrogens is 176 g/mol. The second-order valence-corrected chi connectivity index (χ2v) is 4.12. The summed E-state index contributed by atoms with van der Waals surface area (Å²) < 4.78 is 5.32. The minimum atomic E-state index is -0.776. The lowest BCUT2D eigenvalue weighted by atomic mass is 10.1. The minimum absolute atomic E-state index is 0.287. The van der Waals surface area contributed by atoms with Crippen LogP contribution in [0.4, 0.5) is 0 Å². The third kappa shape index (κ3) is 4.58. The van der Waals surface area contributed by atoms with Crippen LogP contribution in [0.15, 0.2) is 23.3 Å². The van der Waals surface area contributed by atoms with Crippen molar-refractivity contribution in [2.24, 2.45) is 5.92 Å². The van der Waals surface area contributed by atoms with Gasteiger partial charge in [-0.15, -0.1) is 0 Å². The third-order valence-corrected chi connectivity index (χ3v) is 2.50. The van der Waals surface area contributed by atoms with Crippen molar-refractivity contribution in [3.8, 4) is 0 Å². The molecule has 0 radical (unpaired) electrons. The summed E-state index contributed by atoms with van der Waals surface area (Å²) in [5.41, 5.74) is 3.06. The maximum Gasteiger partial charge on any atom is 0.177 e. The Morgan fingerprint density at radius 2 is 1.79 bits per heavy atom. The summed E-state index contributed by atoms with van der Waals surface area (Å²) in [6.07, 6.45) is -0.776. The van der Waals surface area contributed by atoms with Crippen LogP contribution in [0.2, 0.25) is 0 Å². The molecule has 0 rings (SSSR count). The van der Waals surface area contributed by atoms with Gasteiger partial charge in [-0.05, 0) is 39.2 Å². The molecule has 0 spiro atoms. The van der Waals surface area contributed by atoms with E-state index in [1.807, 2.05) is 34.6 Å². The molecule has 1 N–H and O–H groups in total. The van der Waals surface area contributed by atoms with E-state index in [0.29, 0.717) is 6.61 Å². The molecule has 0 fully saturated rings. The number of ether oxygens (including phenoxy) is 1. The molecule has 14 heavy (non-hydrogen) atoms. The quantitative estimate of drug-likeness (QED) is 0.543. The van der Waals surface area contributed by atoms with Gasteiger partial charge < -0.3 is 9.84 Å². The molecule has 0 bridgehead atoms. The highest BCUT2D eigenvalue weighted by Gasteiger charge is 2.10. The van der Waals surface area contributed by atoms with Gasteiger partial charge in [0.2, 0.25) is 0 Å². The molecule has 0 amide bonds. The Morgan fingerprint density at radius 1 is 1.29 bits per heavy atom. The normalized spacial score (nSPS) is 14.7. The van der Waals surface area contributed by atoms with Gasteiger partial charge in [0.15, 0.2) is 6.29 Å². The lowest BCUT2D eigenvalue weighted by Gasteiger charge is -2.17. The Balaban J connectivity index is 4.04. The SMILES string of the molecule is C=C(C)C(C)COC(O)C(C)=C(C)C. The van der Waals surface area contributed by atoms with Crippen LogP contribution in [0.5, 0.6) is 0 Å². The molecule has 0 heterocycles. The summed E-state index contributed by atoms with van der Waals surface area (Å²) in [5, 5.41) is 9.61. The number of hydrogen-bond acceptors (Lipinski definition) is 2. The molecule has 0 aromatic heterocycles. The van der Waals surface area contributed by atoms with Crippen LogP contribution in [0.1, 0.15) is 34.6 Å². The molecule has 0 aliphatic rings. The smallest absolute Gasteiger partial charge is 0.177 e. The van der Waals surface area contributed by atoms with E-state index in [0.717, 1.165) is 16.7 Å². The van der Waals surface area contributed by atoms with Crippen molar-refractivity contribution in [3.63, 3.8) is 0 Å². The first-order valence-corrected chi connectivity index (χ1v) is 4.95. The minimum Gasteiger partial charge on any atom is -0.364 e. The second kappa shape index (κ2) is 5.99. The molecule has 2 atom stereocenters. The molecule has 2 unspecified atom stereocenters. The summed E-state index contributed by atoms with van der Waals surface area (Å²) in [6, 6.07) is 0. The van der Waals surface area contributed by atoms with Crippen molar-refractivity contribution >= 4 is 0 Å². The van der Waals surface area contributed by atoms with E-state index < -0.39 is 6.29 Å². The fourth-order valence-corrected chi connectivity index (χ4v) is 0.750. The van der Waals surface area contributed by atoms with E-state index in [2.05, 4.69) is 6.58 Å². The predicted octanol–water partition coefficient (Wildman–Crippen LogP) is 2.89. The van der Waals surface area contributed by atoms with E-state index in [-0.39, 0.29) is 5.92 Å². The number of rotatable bonds is 5. The summed E-state index contributed by atoms with van der Waals surface area (Å²) in [7, 11) is 0. The van der Waals surface area contributed by atoms with Crippen LogP contribution < -0.4 is 0 Å². The molecular formula is C12H22O2. The van der Waals surface area contributed by atoms with Gasteiger partial charge in [-0.3, -0.25) is 0 Å². The fourth-order valence-electron chi connectivity index (χ4n) is 0.750. The van der Waals surface area contributed by atoms with Crippen molar-refractivity contribution in [3.05, 3.63) is 23.3 Å². The molecule has 0 aromatic carbocycles. The summed E-state index contributed by atoms with van der Waals surface area (Å²) in [6.45, 7) is 14.2. The molecule has 0 saturated heterocycles. The topological polar surface area (TPSA) is 29.5 Å². The Bertz CT molecular complexity index is 224. The van der Waals surface area contributed by atoms with E-state index in [1.165, 1.54) is 0 Å². The van der Waals surface area contributed by atoms with Crippen molar-refractivity contribution < 1.29 is 9.84 Å². The number of allylic oxidation sites excluding steroid dienone is 1. The number of aliphatic hydroxyl groups excluding tert-OH is 1. The zero-order valence-corrected chi connectivity index (χ0v) is 9.92. The highest BCUT2D eigenvalue weighted by atomic mass is 16.6. The third-order valence-electron chi connectivity index (χ3n) is 2.50. The number of hydrogen-bond donors (Lipinski definition) is 1. The van der Waals surface area contributed by atoms with E-state index in [9.17, 15) is 5.11 Å². The molecule has 82 valence electrons. The zero-order chi connectivity index (χ0) is 11.3. The van der Waals surface area contributed by atoms with E-state index in [4.69, 9.17) is 4.74 Å². The van der Waals surface area contributed by atoms with Gasteiger partial charge in [0.05, 0.1) is 6.61 Å². The molecule has 0 aliphatic heterocycles.